The van der Waals surface area contributed by atoms with Crippen LogP contribution in [-0.2, 0) is 22.6 Å². The van der Waals surface area contributed by atoms with E-state index < -0.39 is 17.6 Å². The number of aromatic nitrogens is 3. The van der Waals surface area contributed by atoms with Crippen molar-refractivity contribution in [3.63, 3.8) is 0 Å². The molecular weight excluding hydrogens is 378 g/mol. The molecule has 29 heavy (non-hydrogen) atoms. The van der Waals surface area contributed by atoms with Crippen LogP contribution in [0.1, 0.15) is 17.1 Å². The number of hydrogen-bond donors (Lipinski definition) is 4. The number of rotatable bonds is 7. The van der Waals surface area contributed by atoms with Gasteiger partial charge in [-0.2, -0.15) is 0 Å². The van der Waals surface area contributed by atoms with Gasteiger partial charge in [0.1, 0.15) is 6.54 Å². The largest absolute Gasteiger partial charge is 0.435 e. The first-order valence-corrected chi connectivity index (χ1v) is 8.49. The van der Waals surface area contributed by atoms with E-state index in [1.54, 1.807) is 19.1 Å². The number of nitrogens with two attached hydrogens (primary N) is 1. The zero-order valence-corrected chi connectivity index (χ0v) is 16.0. The molecule has 0 atom stereocenters. The molecule has 2 aromatic heterocycles. The number of nitrogens with one attached hydrogen (secondary N) is 3. The van der Waals surface area contributed by atoms with Gasteiger partial charge >= 0.3 is 6.09 Å². The molecule has 11 heteroatoms. The Balaban J connectivity index is 2.03. The first-order valence-electron chi connectivity index (χ1n) is 8.49. The zero-order valence-electron chi connectivity index (χ0n) is 16.0. The molecule has 0 fully saturated rings. The number of hydrazine groups is 1. The van der Waals surface area contributed by atoms with Crippen LogP contribution in [0.3, 0.4) is 0 Å². The number of carbonyl (C=O) groups excluding carboxylic acids is 2. The summed E-state index contributed by atoms with van der Waals surface area (Å²) < 4.78 is 5.80. The van der Waals surface area contributed by atoms with Crippen molar-refractivity contribution < 1.29 is 14.3 Å². The molecule has 0 saturated carbocycles. The number of pyridine rings is 1. The van der Waals surface area contributed by atoms with Gasteiger partial charge in [-0.25, -0.2) is 15.2 Å². The Morgan fingerprint density at radius 1 is 1.34 bits per heavy atom. The summed E-state index contributed by atoms with van der Waals surface area (Å²) in [5, 5.41) is 2.67. The molecule has 0 saturated heterocycles. The highest BCUT2D eigenvalue weighted by atomic mass is 16.5. The lowest BCUT2D eigenvalue weighted by Crippen LogP contribution is -2.38. The van der Waals surface area contributed by atoms with Crippen LogP contribution in [0.5, 0.6) is 0 Å². The summed E-state index contributed by atoms with van der Waals surface area (Å²) in [6.45, 7) is 3.09. The summed E-state index contributed by atoms with van der Waals surface area (Å²) in [6.07, 6.45) is 5.48. The summed E-state index contributed by atoms with van der Waals surface area (Å²) in [5.41, 5.74) is 11.9. The summed E-state index contributed by atoms with van der Waals surface area (Å²) in [6, 6.07) is 3.48. The average molecular weight is 399 g/mol. The molecule has 0 unspecified atom stereocenters. The predicted molar refractivity (Wildman–Crippen MR) is 105 cm³/mol. The molecule has 5 N–H and O–H groups in total. The monoisotopic (exact) mass is 399 g/mol. The standard InChI is InChI=1S/C18H21N7O4/c1-4-7-29-18(28)24-23-16-17(27)25(12(3)8-21-16)10-15(26)20-9-14-13(19)6-5-11(2)22-14/h1,5-6,8H,7,9-10,19H2,2-3H3,(H,20,26)(H,21,23)(H,24,28). The summed E-state index contributed by atoms with van der Waals surface area (Å²) in [4.78, 5) is 44.4. The third kappa shape index (κ3) is 5.96. The Bertz CT molecular complexity index is 1010. The predicted octanol–water partition coefficient (Wildman–Crippen LogP) is -0.160. The third-order valence-electron chi connectivity index (χ3n) is 3.73. The van der Waals surface area contributed by atoms with Gasteiger partial charge in [0.15, 0.2) is 6.61 Å². The number of nitrogen functional groups attached to an aromatic ring is 1. The van der Waals surface area contributed by atoms with Gasteiger partial charge in [-0.05, 0) is 26.0 Å². The smallest absolute Gasteiger partial charge is 0.426 e. The van der Waals surface area contributed by atoms with Crippen LogP contribution >= 0.6 is 0 Å². The zero-order chi connectivity index (χ0) is 21.4. The number of aryl methyl sites for hydroxylation is 2. The molecule has 0 aliphatic heterocycles. The van der Waals surface area contributed by atoms with Gasteiger partial charge in [0.2, 0.25) is 11.7 Å². The average Bonchev–Trinajstić information content (AvgIpc) is 2.69. The molecule has 0 spiro atoms. The highest BCUT2D eigenvalue weighted by Gasteiger charge is 2.13. The van der Waals surface area contributed by atoms with Gasteiger partial charge in [-0.15, -0.1) is 6.42 Å². The van der Waals surface area contributed by atoms with Gasteiger partial charge in [0.25, 0.3) is 5.56 Å². The molecule has 0 aliphatic carbocycles. The number of carbonyl (C=O) groups is 2. The van der Waals surface area contributed by atoms with E-state index in [2.05, 4.69) is 36.8 Å². The van der Waals surface area contributed by atoms with Crippen LogP contribution in [0.25, 0.3) is 0 Å². The van der Waals surface area contributed by atoms with E-state index in [1.807, 2.05) is 6.92 Å². The minimum absolute atomic E-state index is 0.124. The maximum atomic E-state index is 12.5. The van der Waals surface area contributed by atoms with E-state index in [0.29, 0.717) is 17.1 Å². The quantitative estimate of drug-likeness (QED) is 0.370. The maximum absolute atomic E-state index is 12.5. The molecule has 0 aromatic carbocycles. The van der Waals surface area contributed by atoms with Crippen molar-refractivity contribution in [2.24, 2.45) is 0 Å². The summed E-state index contributed by atoms with van der Waals surface area (Å²) >= 11 is 0. The fourth-order valence-electron chi connectivity index (χ4n) is 2.25. The van der Waals surface area contributed by atoms with E-state index >= 15 is 0 Å². The van der Waals surface area contributed by atoms with Crippen molar-refractivity contribution in [2.75, 3.05) is 17.8 Å². The van der Waals surface area contributed by atoms with E-state index in [0.717, 1.165) is 5.69 Å². The van der Waals surface area contributed by atoms with Gasteiger partial charge in [0.05, 0.1) is 17.9 Å². The van der Waals surface area contributed by atoms with Gasteiger partial charge in [-0.3, -0.25) is 24.6 Å². The van der Waals surface area contributed by atoms with Gasteiger partial charge in [-0.1, -0.05) is 5.92 Å². The molecule has 2 amide bonds. The molecule has 2 rings (SSSR count). The van der Waals surface area contributed by atoms with Crippen LogP contribution in [0.4, 0.5) is 16.3 Å². The number of nitrogens with zero attached hydrogens (tertiary/aromatic N) is 3. The topological polar surface area (TPSA) is 153 Å². The normalized spacial score (nSPS) is 9.97. The van der Waals surface area contributed by atoms with E-state index in [4.69, 9.17) is 12.2 Å². The van der Waals surface area contributed by atoms with Crippen LogP contribution in [0, 0.1) is 26.2 Å². The van der Waals surface area contributed by atoms with E-state index in [1.165, 1.54) is 10.8 Å². The van der Waals surface area contributed by atoms with E-state index in [-0.39, 0.29) is 25.5 Å². The van der Waals surface area contributed by atoms with Crippen LogP contribution in [0.2, 0.25) is 0 Å². The second-order valence-electron chi connectivity index (χ2n) is 5.94. The third-order valence-corrected chi connectivity index (χ3v) is 3.73. The fourth-order valence-corrected chi connectivity index (χ4v) is 2.25. The lowest BCUT2D eigenvalue weighted by atomic mass is 10.2. The van der Waals surface area contributed by atoms with Crippen LogP contribution in [0.15, 0.2) is 23.1 Å². The second-order valence-corrected chi connectivity index (χ2v) is 5.94. The highest BCUT2D eigenvalue weighted by Crippen LogP contribution is 2.09. The summed E-state index contributed by atoms with van der Waals surface area (Å²) in [5.74, 6) is 1.52. The molecule has 0 bridgehead atoms. The number of hydrogen-bond acceptors (Lipinski definition) is 8. The number of anilines is 2. The fraction of sp³-hybridized carbons (Fsp3) is 0.278. The Kier molecular flexibility index (Phi) is 7.14. The second kappa shape index (κ2) is 9.75. The van der Waals surface area contributed by atoms with Crippen molar-refractivity contribution in [1.82, 2.24) is 25.3 Å². The van der Waals surface area contributed by atoms with Crippen molar-refractivity contribution in [2.45, 2.75) is 26.9 Å². The minimum Gasteiger partial charge on any atom is -0.435 e. The van der Waals surface area contributed by atoms with Crippen LogP contribution < -0.4 is 27.5 Å². The Hall–Kier alpha value is -4.07. The van der Waals surface area contributed by atoms with Crippen molar-refractivity contribution >= 4 is 23.5 Å². The molecule has 0 radical (unpaired) electrons. The molecule has 2 aromatic rings. The molecule has 152 valence electrons. The Labute approximate surface area is 166 Å². The first kappa shape index (κ1) is 21.2. The molecule has 2 heterocycles. The van der Waals surface area contributed by atoms with E-state index in [9.17, 15) is 14.4 Å². The molecule has 0 aliphatic rings. The number of ether oxygens (including phenoxy) is 1. The van der Waals surface area contributed by atoms with Gasteiger partial charge in [0, 0.05) is 17.6 Å². The Morgan fingerprint density at radius 2 is 2.10 bits per heavy atom. The number of amides is 2. The van der Waals surface area contributed by atoms with Crippen molar-refractivity contribution in [3.8, 4) is 12.3 Å². The number of terminal acetylenes is 1. The van der Waals surface area contributed by atoms with Crippen molar-refractivity contribution in [1.29, 1.82) is 0 Å². The first-order chi connectivity index (χ1) is 13.8. The van der Waals surface area contributed by atoms with Crippen LogP contribution in [-0.4, -0.2) is 33.1 Å². The SMILES string of the molecule is C#CCOC(=O)NNc1ncc(C)n(CC(=O)NCc2nc(C)ccc2N)c1=O. The lowest BCUT2D eigenvalue weighted by molar-refractivity contribution is -0.121. The molecule has 11 nitrogen and oxygen atoms in total. The van der Waals surface area contributed by atoms with Gasteiger partial charge < -0.3 is 15.8 Å². The lowest BCUT2D eigenvalue weighted by Gasteiger charge is -2.13. The maximum Gasteiger partial charge on any atom is 0.426 e. The highest BCUT2D eigenvalue weighted by molar-refractivity contribution is 5.76. The minimum atomic E-state index is -0.878. The summed E-state index contributed by atoms with van der Waals surface area (Å²) in [7, 11) is 0. The molecular formula is C18H21N7O4. The Morgan fingerprint density at radius 3 is 2.83 bits per heavy atom. The van der Waals surface area contributed by atoms with Crippen molar-refractivity contribution in [3.05, 3.63) is 45.8 Å².